The fourth-order valence-corrected chi connectivity index (χ4v) is 3.87. The minimum Gasteiger partial charge on any atom is -0.325 e. The predicted molar refractivity (Wildman–Crippen MR) is 106 cm³/mol. The van der Waals surface area contributed by atoms with E-state index in [1.807, 2.05) is 18.2 Å². The molecule has 1 amide bonds. The lowest BCUT2D eigenvalue weighted by molar-refractivity contribution is -0.117. The molecule has 132 valence electrons. The summed E-state index contributed by atoms with van der Waals surface area (Å²) in [5, 5.41) is 6.21. The van der Waals surface area contributed by atoms with Crippen LogP contribution in [0.25, 0.3) is 10.8 Å². The zero-order valence-corrected chi connectivity index (χ0v) is 15.3. The molecule has 1 saturated heterocycles. The van der Waals surface area contributed by atoms with Gasteiger partial charge in [-0.25, -0.2) is 10.9 Å². The summed E-state index contributed by atoms with van der Waals surface area (Å²) in [6, 6.07) is 19.2. The van der Waals surface area contributed by atoms with Gasteiger partial charge in [0, 0.05) is 21.8 Å². The molecule has 0 saturated carbocycles. The lowest BCUT2D eigenvalue weighted by Crippen LogP contribution is -2.39. The quantitative estimate of drug-likeness (QED) is 0.612. The molecule has 1 aliphatic heterocycles. The molecule has 2 unspecified atom stereocenters. The highest BCUT2D eigenvalue weighted by atomic mass is 35.5. The summed E-state index contributed by atoms with van der Waals surface area (Å²) in [7, 11) is 0. The van der Waals surface area contributed by atoms with Gasteiger partial charge in [-0.05, 0) is 41.0 Å². The van der Waals surface area contributed by atoms with Crippen LogP contribution in [-0.4, -0.2) is 11.9 Å². The average Bonchev–Trinajstić information content (AvgIpc) is 3.10. The van der Waals surface area contributed by atoms with Crippen molar-refractivity contribution in [2.24, 2.45) is 0 Å². The number of carbonyl (C=O) groups excluding carboxylic acids is 1. The number of hydrazine groups is 1. The molecule has 0 bridgehead atoms. The largest absolute Gasteiger partial charge is 0.325 e. The second-order valence-corrected chi connectivity index (χ2v) is 7.22. The maximum atomic E-state index is 12.6. The molecule has 6 heteroatoms. The van der Waals surface area contributed by atoms with Crippen LogP contribution in [0.4, 0.5) is 5.69 Å². The summed E-state index contributed by atoms with van der Waals surface area (Å²) < 4.78 is 0. The van der Waals surface area contributed by atoms with Crippen molar-refractivity contribution in [2.45, 2.75) is 18.5 Å². The first-order valence-corrected chi connectivity index (χ1v) is 9.11. The van der Waals surface area contributed by atoms with E-state index in [0.717, 1.165) is 0 Å². The van der Waals surface area contributed by atoms with Crippen LogP contribution in [0, 0.1) is 0 Å². The minimum absolute atomic E-state index is 0.0554. The Morgan fingerprint density at radius 3 is 2.50 bits per heavy atom. The van der Waals surface area contributed by atoms with Crippen molar-refractivity contribution in [1.82, 2.24) is 10.9 Å². The van der Waals surface area contributed by atoms with Gasteiger partial charge in [0.15, 0.2) is 0 Å². The van der Waals surface area contributed by atoms with E-state index in [2.05, 4.69) is 40.4 Å². The van der Waals surface area contributed by atoms with Crippen LogP contribution in [0.5, 0.6) is 0 Å². The van der Waals surface area contributed by atoms with Gasteiger partial charge < -0.3 is 5.32 Å². The van der Waals surface area contributed by atoms with E-state index in [1.165, 1.54) is 16.3 Å². The molecule has 4 rings (SSSR count). The molecule has 0 spiro atoms. The van der Waals surface area contributed by atoms with E-state index < -0.39 is 0 Å². The smallest absolute Gasteiger partial charge is 0.242 e. The Kier molecular flexibility index (Phi) is 4.83. The molecule has 26 heavy (non-hydrogen) atoms. The van der Waals surface area contributed by atoms with Crippen molar-refractivity contribution in [3.05, 3.63) is 76.3 Å². The summed E-state index contributed by atoms with van der Waals surface area (Å²) >= 11 is 12.0. The molecular weight excluding hydrogens is 369 g/mol. The number of nitrogens with one attached hydrogen (secondary N) is 3. The summed E-state index contributed by atoms with van der Waals surface area (Å²) in [5.74, 6) is -0.126. The van der Waals surface area contributed by atoms with Crippen molar-refractivity contribution in [2.75, 3.05) is 5.32 Å². The molecule has 0 aromatic heterocycles. The first-order valence-electron chi connectivity index (χ1n) is 8.36. The minimum atomic E-state index is -0.350. The van der Waals surface area contributed by atoms with Crippen LogP contribution in [0.3, 0.4) is 0 Å². The van der Waals surface area contributed by atoms with Gasteiger partial charge in [-0.15, -0.1) is 0 Å². The predicted octanol–water partition coefficient (Wildman–Crippen LogP) is 4.69. The van der Waals surface area contributed by atoms with Crippen LogP contribution < -0.4 is 16.2 Å². The fraction of sp³-hybridized carbons (Fsp3) is 0.150. The molecule has 1 heterocycles. The molecule has 1 fully saturated rings. The van der Waals surface area contributed by atoms with E-state index in [-0.39, 0.29) is 18.0 Å². The maximum Gasteiger partial charge on any atom is 0.242 e. The number of benzene rings is 3. The number of hydrogen-bond acceptors (Lipinski definition) is 3. The fourth-order valence-electron chi connectivity index (χ4n) is 3.34. The van der Waals surface area contributed by atoms with Crippen molar-refractivity contribution >= 4 is 45.6 Å². The van der Waals surface area contributed by atoms with Crippen molar-refractivity contribution in [1.29, 1.82) is 0 Å². The number of hydrogen-bond donors (Lipinski definition) is 3. The number of rotatable bonds is 3. The standard InChI is InChI=1S/C20H17Cl2N3O/c21-13-8-14(22)10-15(9-13)23-20(26)19-11-18(24-25-19)17-7-3-5-12-4-1-2-6-16(12)17/h1-10,18-19,24-25H,11H2,(H,23,26). The number of halogens is 2. The molecule has 0 aliphatic carbocycles. The Balaban J connectivity index is 1.50. The SMILES string of the molecule is O=C(Nc1cc(Cl)cc(Cl)c1)C1CC(c2cccc3ccccc23)NN1. The first-order chi connectivity index (χ1) is 12.6. The highest BCUT2D eigenvalue weighted by Gasteiger charge is 2.31. The topological polar surface area (TPSA) is 53.2 Å². The Bertz CT molecular complexity index is 951. The van der Waals surface area contributed by atoms with Gasteiger partial charge in [-0.1, -0.05) is 65.7 Å². The third kappa shape index (κ3) is 3.55. The average molecular weight is 386 g/mol. The number of fused-ring (bicyclic) bond motifs is 1. The third-order valence-electron chi connectivity index (χ3n) is 4.55. The summed E-state index contributed by atoms with van der Waals surface area (Å²) in [6.07, 6.45) is 0.647. The molecule has 3 aromatic rings. The van der Waals surface area contributed by atoms with Crippen LogP contribution in [0.1, 0.15) is 18.0 Å². The Morgan fingerprint density at radius 1 is 0.962 bits per heavy atom. The van der Waals surface area contributed by atoms with Gasteiger partial charge in [0.05, 0.1) is 0 Å². The van der Waals surface area contributed by atoms with Crippen molar-refractivity contribution < 1.29 is 4.79 Å². The van der Waals surface area contributed by atoms with Gasteiger partial charge in [0.25, 0.3) is 0 Å². The highest BCUT2D eigenvalue weighted by Crippen LogP contribution is 2.30. The number of amides is 1. The van der Waals surface area contributed by atoms with Gasteiger partial charge in [0.2, 0.25) is 5.91 Å². The van der Waals surface area contributed by atoms with E-state index >= 15 is 0 Å². The summed E-state index contributed by atoms with van der Waals surface area (Å²) in [5.41, 5.74) is 8.10. The van der Waals surface area contributed by atoms with Gasteiger partial charge in [-0.3, -0.25) is 4.79 Å². The van der Waals surface area contributed by atoms with Crippen molar-refractivity contribution in [3.63, 3.8) is 0 Å². The number of carbonyl (C=O) groups is 1. The van der Waals surface area contributed by atoms with E-state index in [9.17, 15) is 4.79 Å². The lowest BCUT2D eigenvalue weighted by atomic mass is 9.96. The molecule has 0 radical (unpaired) electrons. The summed E-state index contributed by atoms with van der Waals surface area (Å²) in [6.45, 7) is 0. The van der Waals surface area contributed by atoms with Crippen LogP contribution in [0.15, 0.2) is 60.7 Å². The second-order valence-electron chi connectivity index (χ2n) is 6.35. The Labute approximate surface area is 161 Å². The van der Waals surface area contributed by atoms with Crippen LogP contribution >= 0.6 is 23.2 Å². The van der Waals surface area contributed by atoms with Gasteiger partial charge >= 0.3 is 0 Å². The van der Waals surface area contributed by atoms with Crippen LogP contribution in [-0.2, 0) is 4.79 Å². The monoisotopic (exact) mass is 385 g/mol. The maximum absolute atomic E-state index is 12.6. The highest BCUT2D eigenvalue weighted by molar-refractivity contribution is 6.35. The molecule has 4 nitrogen and oxygen atoms in total. The zero-order valence-electron chi connectivity index (χ0n) is 13.8. The third-order valence-corrected chi connectivity index (χ3v) is 4.98. The number of anilines is 1. The summed E-state index contributed by atoms with van der Waals surface area (Å²) in [4.78, 5) is 12.6. The molecule has 2 atom stereocenters. The second kappa shape index (κ2) is 7.25. The molecule has 1 aliphatic rings. The van der Waals surface area contributed by atoms with Crippen LogP contribution in [0.2, 0.25) is 10.0 Å². The Hall–Kier alpha value is -2.11. The van der Waals surface area contributed by atoms with Gasteiger partial charge in [-0.2, -0.15) is 0 Å². The molecule has 3 aromatic carbocycles. The molecular formula is C20H17Cl2N3O. The Morgan fingerprint density at radius 2 is 1.69 bits per heavy atom. The normalized spacial score (nSPS) is 19.6. The zero-order chi connectivity index (χ0) is 18.1. The lowest BCUT2D eigenvalue weighted by Gasteiger charge is -2.13. The van der Waals surface area contributed by atoms with E-state index in [0.29, 0.717) is 22.2 Å². The first kappa shape index (κ1) is 17.3. The van der Waals surface area contributed by atoms with Gasteiger partial charge in [0.1, 0.15) is 6.04 Å². The van der Waals surface area contributed by atoms with Crippen molar-refractivity contribution in [3.8, 4) is 0 Å². The van der Waals surface area contributed by atoms with E-state index in [4.69, 9.17) is 23.2 Å². The molecule has 3 N–H and O–H groups in total. The van der Waals surface area contributed by atoms with E-state index in [1.54, 1.807) is 18.2 Å².